The molecule has 1 heterocycles. The Balaban J connectivity index is 1.62. The van der Waals surface area contributed by atoms with E-state index in [4.69, 9.17) is 0 Å². The van der Waals surface area contributed by atoms with Gasteiger partial charge in [0.1, 0.15) is 0 Å². The second-order valence-electron chi connectivity index (χ2n) is 5.55. The zero-order valence-corrected chi connectivity index (χ0v) is 13.0. The van der Waals surface area contributed by atoms with Crippen LogP contribution in [-0.4, -0.2) is 29.7 Å². The zero-order chi connectivity index (χ0) is 16.2. The van der Waals surface area contributed by atoms with Gasteiger partial charge in [-0.25, -0.2) is 0 Å². The first-order valence-corrected chi connectivity index (χ1v) is 7.52. The van der Waals surface area contributed by atoms with E-state index in [0.717, 1.165) is 11.3 Å². The molecule has 0 amide bonds. The van der Waals surface area contributed by atoms with Crippen molar-refractivity contribution in [3.05, 3.63) is 78.1 Å². The Morgan fingerprint density at radius 3 is 2.26 bits per heavy atom. The maximum Gasteiger partial charge on any atom is 0.182 e. The van der Waals surface area contributed by atoms with E-state index in [1.807, 2.05) is 76.8 Å². The van der Waals surface area contributed by atoms with E-state index in [1.54, 1.807) is 6.92 Å². The molecule has 0 saturated carbocycles. The van der Waals surface area contributed by atoms with Gasteiger partial charge in [-0.3, -0.25) is 9.59 Å². The van der Waals surface area contributed by atoms with Gasteiger partial charge in [-0.1, -0.05) is 30.3 Å². The maximum atomic E-state index is 12.2. The number of nitrogens with zero attached hydrogens (tertiary/aromatic N) is 2. The highest BCUT2D eigenvalue weighted by Gasteiger charge is 2.17. The quantitative estimate of drug-likeness (QED) is 0.795. The SMILES string of the molecule is CC(=O)c1ccc(N2C=CN(CC(=O)c3ccccc3)C2)cc1. The van der Waals surface area contributed by atoms with Gasteiger partial charge in [-0.05, 0) is 31.2 Å². The van der Waals surface area contributed by atoms with Crippen LogP contribution in [0, 0.1) is 0 Å². The van der Waals surface area contributed by atoms with Crippen LogP contribution in [0.15, 0.2) is 67.0 Å². The minimum Gasteiger partial charge on any atom is -0.351 e. The Bertz CT molecular complexity index is 736. The normalized spacial score (nSPS) is 13.4. The lowest BCUT2D eigenvalue weighted by molar-refractivity contribution is 0.0958. The predicted octanol–water partition coefficient (Wildman–Crippen LogP) is 3.32. The summed E-state index contributed by atoms with van der Waals surface area (Å²) >= 11 is 0. The number of rotatable bonds is 5. The molecule has 2 aromatic rings. The van der Waals surface area contributed by atoms with E-state index in [-0.39, 0.29) is 11.6 Å². The molecule has 0 fully saturated rings. The first-order valence-electron chi connectivity index (χ1n) is 7.52. The number of carbonyl (C=O) groups is 2. The van der Waals surface area contributed by atoms with Crippen molar-refractivity contribution in [3.63, 3.8) is 0 Å². The summed E-state index contributed by atoms with van der Waals surface area (Å²) in [5.41, 5.74) is 2.43. The maximum absolute atomic E-state index is 12.2. The number of anilines is 1. The fourth-order valence-corrected chi connectivity index (χ4v) is 2.52. The van der Waals surface area contributed by atoms with Crippen LogP contribution in [0.3, 0.4) is 0 Å². The second-order valence-corrected chi connectivity index (χ2v) is 5.55. The van der Waals surface area contributed by atoms with Gasteiger partial charge in [-0.2, -0.15) is 0 Å². The number of ketones is 2. The van der Waals surface area contributed by atoms with Crippen molar-refractivity contribution in [1.82, 2.24) is 4.90 Å². The lowest BCUT2D eigenvalue weighted by Gasteiger charge is -2.21. The molecule has 0 spiro atoms. The first-order chi connectivity index (χ1) is 11.1. The standard InChI is InChI=1S/C19H18N2O2/c1-15(22)16-7-9-18(10-8-16)21-12-11-20(14-21)13-19(23)17-5-3-2-4-6-17/h2-12H,13-14H2,1H3. The molecule has 4 heteroatoms. The van der Waals surface area contributed by atoms with Gasteiger partial charge >= 0.3 is 0 Å². The van der Waals surface area contributed by atoms with Gasteiger partial charge in [0, 0.05) is 29.2 Å². The Morgan fingerprint density at radius 2 is 1.61 bits per heavy atom. The molecule has 0 radical (unpaired) electrons. The number of carbonyl (C=O) groups excluding carboxylic acids is 2. The summed E-state index contributed by atoms with van der Waals surface area (Å²) in [5.74, 6) is 0.160. The van der Waals surface area contributed by atoms with Gasteiger partial charge in [0.05, 0.1) is 13.2 Å². The minimum absolute atomic E-state index is 0.0589. The lowest BCUT2D eigenvalue weighted by atomic mass is 10.1. The number of Topliss-reactive ketones (excluding diaryl/α,β-unsaturated/α-hetero) is 2. The van der Waals surface area contributed by atoms with Crippen LogP contribution < -0.4 is 4.90 Å². The summed E-state index contributed by atoms with van der Waals surface area (Å²) in [4.78, 5) is 27.6. The molecule has 0 bridgehead atoms. The molecular weight excluding hydrogens is 288 g/mol. The summed E-state index contributed by atoms with van der Waals surface area (Å²) in [5, 5.41) is 0. The van der Waals surface area contributed by atoms with Crippen molar-refractivity contribution in [1.29, 1.82) is 0 Å². The number of benzene rings is 2. The van der Waals surface area contributed by atoms with E-state index < -0.39 is 0 Å². The average molecular weight is 306 g/mol. The molecule has 0 aromatic heterocycles. The van der Waals surface area contributed by atoms with Gasteiger partial charge in [0.2, 0.25) is 0 Å². The van der Waals surface area contributed by atoms with Crippen LogP contribution in [0.2, 0.25) is 0 Å². The third kappa shape index (κ3) is 3.48. The summed E-state index contributed by atoms with van der Waals surface area (Å²) in [6.07, 6.45) is 3.86. The van der Waals surface area contributed by atoms with E-state index >= 15 is 0 Å². The molecule has 0 unspecified atom stereocenters. The van der Waals surface area contributed by atoms with Gasteiger partial charge in [-0.15, -0.1) is 0 Å². The zero-order valence-electron chi connectivity index (χ0n) is 13.0. The first kappa shape index (κ1) is 15.0. The fourth-order valence-electron chi connectivity index (χ4n) is 2.52. The molecule has 4 nitrogen and oxygen atoms in total. The van der Waals surface area contributed by atoms with Crippen LogP contribution in [-0.2, 0) is 0 Å². The van der Waals surface area contributed by atoms with Gasteiger partial charge in [0.25, 0.3) is 0 Å². The largest absolute Gasteiger partial charge is 0.351 e. The Hall–Kier alpha value is -2.88. The molecule has 2 aromatic carbocycles. The highest BCUT2D eigenvalue weighted by Crippen LogP contribution is 2.20. The Kier molecular flexibility index (Phi) is 4.24. The molecule has 0 atom stereocenters. The Labute approximate surface area is 135 Å². The van der Waals surface area contributed by atoms with E-state index in [2.05, 4.69) is 0 Å². The van der Waals surface area contributed by atoms with Crippen molar-refractivity contribution < 1.29 is 9.59 Å². The average Bonchev–Trinajstić information content (AvgIpc) is 3.04. The van der Waals surface area contributed by atoms with Crippen LogP contribution in [0.1, 0.15) is 27.6 Å². The molecule has 0 saturated heterocycles. The molecule has 1 aliphatic heterocycles. The molecule has 0 N–H and O–H groups in total. The van der Waals surface area contributed by atoms with Crippen molar-refractivity contribution in [3.8, 4) is 0 Å². The Morgan fingerprint density at radius 1 is 0.913 bits per heavy atom. The molecule has 23 heavy (non-hydrogen) atoms. The number of hydrogen-bond donors (Lipinski definition) is 0. The van der Waals surface area contributed by atoms with Crippen molar-refractivity contribution in [2.75, 3.05) is 18.1 Å². The van der Waals surface area contributed by atoms with Gasteiger partial charge < -0.3 is 9.80 Å². The summed E-state index contributed by atoms with van der Waals surface area (Å²) in [6.45, 7) is 2.53. The molecule has 116 valence electrons. The van der Waals surface area contributed by atoms with Crippen LogP contribution in [0.25, 0.3) is 0 Å². The lowest BCUT2D eigenvalue weighted by Crippen LogP contribution is -2.29. The second kappa shape index (κ2) is 6.48. The summed E-state index contributed by atoms with van der Waals surface area (Å²) < 4.78 is 0. The highest BCUT2D eigenvalue weighted by atomic mass is 16.1. The molecular formula is C19H18N2O2. The predicted molar refractivity (Wildman–Crippen MR) is 90.4 cm³/mol. The van der Waals surface area contributed by atoms with Crippen LogP contribution in [0.5, 0.6) is 0 Å². The minimum atomic E-state index is 0.0589. The third-order valence-corrected chi connectivity index (χ3v) is 3.84. The van der Waals surface area contributed by atoms with Crippen molar-refractivity contribution >= 4 is 17.3 Å². The molecule has 0 aliphatic carbocycles. The fraction of sp³-hybridized carbons (Fsp3) is 0.158. The summed E-state index contributed by atoms with van der Waals surface area (Å²) in [6, 6.07) is 16.8. The topological polar surface area (TPSA) is 40.6 Å². The summed E-state index contributed by atoms with van der Waals surface area (Å²) in [7, 11) is 0. The van der Waals surface area contributed by atoms with E-state index in [1.165, 1.54) is 0 Å². The third-order valence-electron chi connectivity index (χ3n) is 3.84. The van der Waals surface area contributed by atoms with E-state index in [9.17, 15) is 9.59 Å². The number of hydrogen-bond acceptors (Lipinski definition) is 4. The van der Waals surface area contributed by atoms with Gasteiger partial charge in [0.15, 0.2) is 11.6 Å². The monoisotopic (exact) mass is 306 g/mol. The van der Waals surface area contributed by atoms with E-state index in [0.29, 0.717) is 18.8 Å². The molecule has 3 rings (SSSR count). The van der Waals surface area contributed by atoms with Crippen molar-refractivity contribution in [2.45, 2.75) is 6.92 Å². The van der Waals surface area contributed by atoms with Crippen LogP contribution >= 0.6 is 0 Å². The van der Waals surface area contributed by atoms with Crippen LogP contribution in [0.4, 0.5) is 5.69 Å². The molecule has 1 aliphatic rings. The highest BCUT2D eigenvalue weighted by molar-refractivity contribution is 5.97. The van der Waals surface area contributed by atoms with Crippen molar-refractivity contribution in [2.24, 2.45) is 0 Å². The smallest absolute Gasteiger partial charge is 0.182 e.